The Labute approximate surface area is 362 Å². The Kier molecular flexibility index (Phi) is 44.1. The van der Waals surface area contributed by atoms with Gasteiger partial charge in [0.15, 0.2) is 6.10 Å². The van der Waals surface area contributed by atoms with Crippen molar-refractivity contribution in [3.05, 3.63) is 97.2 Å². The molecule has 0 spiro atoms. The van der Waals surface area contributed by atoms with Gasteiger partial charge in [0.1, 0.15) is 13.2 Å². The second kappa shape index (κ2) is 47.0. The van der Waals surface area contributed by atoms with Crippen LogP contribution in [0, 0.1) is 0 Å². The molecule has 0 rings (SSSR count). The number of hydrogen-bond donors (Lipinski definition) is 0. The van der Waals surface area contributed by atoms with Crippen molar-refractivity contribution in [3.63, 3.8) is 0 Å². The molecular formula is C53H86O6. The van der Waals surface area contributed by atoms with Gasteiger partial charge in [-0.3, -0.25) is 14.4 Å². The second-order valence-corrected chi connectivity index (χ2v) is 15.3. The molecule has 0 aliphatic heterocycles. The van der Waals surface area contributed by atoms with Crippen molar-refractivity contribution in [2.75, 3.05) is 13.2 Å². The molecule has 0 saturated heterocycles. The van der Waals surface area contributed by atoms with Crippen LogP contribution in [-0.2, 0) is 28.6 Å². The molecular weight excluding hydrogens is 733 g/mol. The minimum Gasteiger partial charge on any atom is -0.462 e. The highest BCUT2D eigenvalue weighted by molar-refractivity contribution is 5.71. The average molecular weight is 819 g/mol. The summed E-state index contributed by atoms with van der Waals surface area (Å²) in [5, 5.41) is 0. The molecule has 0 aromatic heterocycles. The van der Waals surface area contributed by atoms with Crippen LogP contribution in [0.1, 0.15) is 201 Å². The van der Waals surface area contributed by atoms with E-state index >= 15 is 0 Å². The average Bonchev–Trinajstić information content (AvgIpc) is 3.23. The van der Waals surface area contributed by atoms with E-state index < -0.39 is 6.10 Å². The lowest BCUT2D eigenvalue weighted by Gasteiger charge is -2.18. The van der Waals surface area contributed by atoms with Crippen molar-refractivity contribution in [2.45, 2.75) is 207 Å². The molecule has 0 fully saturated rings. The van der Waals surface area contributed by atoms with Crippen molar-refractivity contribution >= 4 is 17.9 Å². The molecule has 0 amide bonds. The molecule has 59 heavy (non-hydrogen) atoms. The van der Waals surface area contributed by atoms with Gasteiger partial charge >= 0.3 is 17.9 Å². The predicted molar refractivity (Wildman–Crippen MR) is 251 cm³/mol. The lowest BCUT2D eigenvalue weighted by molar-refractivity contribution is -0.167. The quantitative estimate of drug-likeness (QED) is 0.0265. The fourth-order valence-corrected chi connectivity index (χ4v) is 6.01. The molecule has 334 valence electrons. The summed E-state index contributed by atoms with van der Waals surface area (Å²) in [7, 11) is 0. The Morgan fingerprint density at radius 1 is 0.356 bits per heavy atom. The first kappa shape index (κ1) is 55.3. The summed E-state index contributed by atoms with van der Waals surface area (Å²) in [4.78, 5) is 37.5. The zero-order valence-electron chi connectivity index (χ0n) is 38.0. The number of carbonyl (C=O) groups excluding carboxylic acids is 3. The Bertz CT molecular complexity index is 1220. The van der Waals surface area contributed by atoms with Gasteiger partial charge in [-0.25, -0.2) is 0 Å². The van der Waals surface area contributed by atoms with E-state index in [1.165, 1.54) is 38.5 Å². The van der Waals surface area contributed by atoms with E-state index in [0.29, 0.717) is 19.3 Å². The molecule has 1 atom stereocenters. The molecule has 0 bridgehead atoms. The summed E-state index contributed by atoms with van der Waals surface area (Å²) < 4.78 is 16.6. The van der Waals surface area contributed by atoms with E-state index in [9.17, 15) is 14.4 Å². The Balaban J connectivity index is 4.34. The topological polar surface area (TPSA) is 78.9 Å². The first-order valence-corrected chi connectivity index (χ1v) is 23.7. The van der Waals surface area contributed by atoms with Crippen molar-refractivity contribution in [1.82, 2.24) is 0 Å². The van der Waals surface area contributed by atoms with Crippen LogP contribution in [0.25, 0.3) is 0 Å². The molecule has 6 nitrogen and oxygen atoms in total. The monoisotopic (exact) mass is 819 g/mol. The highest BCUT2D eigenvalue weighted by Gasteiger charge is 2.19. The summed E-state index contributed by atoms with van der Waals surface area (Å²) in [6.45, 7) is 6.33. The van der Waals surface area contributed by atoms with Crippen LogP contribution in [0.15, 0.2) is 97.2 Å². The van der Waals surface area contributed by atoms with Crippen LogP contribution in [0.5, 0.6) is 0 Å². The van der Waals surface area contributed by atoms with Crippen LogP contribution >= 0.6 is 0 Å². The summed E-state index contributed by atoms with van der Waals surface area (Å²) in [5.74, 6) is -1.00. The number of carbonyl (C=O) groups is 3. The van der Waals surface area contributed by atoms with Crippen molar-refractivity contribution < 1.29 is 28.6 Å². The second-order valence-electron chi connectivity index (χ2n) is 15.3. The van der Waals surface area contributed by atoms with E-state index in [1.54, 1.807) is 0 Å². The van der Waals surface area contributed by atoms with Crippen molar-refractivity contribution in [2.24, 2.45) is 0 Å². The van der Waals surface area contributed by atoms with Crippen molar-refractivity contribution in [3.8, 4) is 0 Å². The van der Waals surface area contributed by atoms with Crippen molar-refractivity contribution in [1.29, 1.82) is 0 Å². The number of allylic oxidation sites excluding steroid dienone is 16. The van der Waals surface area contributed by atoms with Gasteiger partial charge in [-0.2, -0.15) is 0 Å². The molecule has 0 aliphatic rings. The molecule has 6 heteroatoms. The largest absolute Gasteiger partial charge is 0.462 e. The van der Waals surface area contributed by atoms with Crippen LogP contribution in [0.2, 0.25) is 0 Å². The maximum Gasteiger partial charge on any atom is 0.306 e. The maximum absolute atomic E-state index is 12.7. The van der Waals surface area contributed by atoms with Gasteiger partial charge in [0.05, 0.1) is 0 Å². The van der Waals surface area contributed by atoms with Gasteiger partial charge in [-0.15, -0.1) is 0 Å². The van der Waals surface area contributed by atoms with Gasteiger partial charge in [-0.05, 0) is 96.3 Å². The molecule has 0 saturated carbocycles. The number of hydrogen-bond acceptors (Lipinski definition) is 6. The Hall–Kier alpha value is -3.67. The number of unbranched alkanes of at least 4 members (excludes halogenated alkanes) is 14. The fourth-order valence-electron chi connectivity index (χ4n) is 6.01. The van der Waals surface area contributed by atoms with E-state index in [1.807, 2.05) is 0 Å². The lowest BCUT2D eigenvalue weighted by atomic mass is 10.1. The normalized spacial score (nSPS) is 12.9. The van der Waals surface area contributed by atoms with Crippen LogP contribution < -0.4 is 0 Å². The minimum atomic E-state index is -0.809. The van der Waals surface area contributed by atoms with E-state index in [4.69, 9.17) is 14.2 Å². The molecule has 0 aliphatic carbocycles. The van der Waals surface area contributed by atoms with E-state index in [0.717, 1.165) is 116 Å². The summed E-state index contributed by atoms with van der Waals surface area (Å²) >= 11 is 0. The lowest BCUT2D eigenvalue weighted by Crippen LogP contribution is -2.30. The summed E-state index contributed by atoms with van der Waals surface area (Å²) in [6, 6.07) is 0. The summed E-state index contributed by atoms with van der Waals surface area (Å²) in [6.07, 6.45) is 61.4. The first-order chi connectivity index (χ1) is 29.0. The zero-order chi connectivity index (χ0) is 43.0. The molecule has 0 aromatic rings. The zero-order valence-corrected chi connectivity index (χ0v) is 38.0. The molecule has 0 radical (unpaired) electrons. The maximum atomic E-state index is 12.7. The Morgan fingerprint density at radius 3 is 1.12 bits per heavy atom. The third-order valence-electron chi connectivity index (χ3n) is 9.57. The smallest absolute Gasteiger partial charge is 0.306 e. The minimum absolute atomic E-state index is 0.107. The fraction of sp³-hybridized carbons (Fsp3) is 0.642. The van der Waals surface area contributed by atoms with Gasteiger partial charge in [0, 0.05) is 19.3 Å². The van der Waals surface area contributed by atoms with Gasteiger partial charge < -0.3 is 14.2 Å². The summed E-state index contributed by atoms with van der Waals surface area (Å²) in [5.41, 5.74) is 0. The molecule has 0 aromatic carbocycles. The number of ether oxygens (including phenoxy) is 3. The number of rotatable bonds is 41. The standard InChI is InChI=1S/C53H86O6/c1-4-7-10-13-15-17-19-21-23-25-26-28-29-31-33-35-37-40-43-46-52(55)58-49-50(48-57-51(54)45-42-39-12-9-6-3)59-53(56)47-44-41-38-36-34-32-30-27-24-22-20-18-16-14-11-8-5-2/h8,11,15-18,21-24,26,28,30,32,36,38,50H,4-7,9-10,12-14,19-20,25,27,29,31,33-35,37,39-49H2,1-3H3/b11-8-,17-15-,18-16-,23-21-,24-22-,28-26-,32-30-,38-36-. The van der Waals surface area contributed by atoms with Crippen LogP contribution in [0.4, 0.5) is 0 Å². The van der Waals surface area contributed by atoms with E-state index in [-0.39, 0.29) is 37.5 Å². The van der Waals surface area contributed by atoms with Crippen LogP contribution in [-0.4, -0.2) is 37.2 Å². The Morgan fingerprint density at radius 2 is 0.678 bits per heavy atom. The first-order valence-electron chi connectivity index (χ1n) is 23.7. The van der Waals surface area contributed by atoms with Crippen LogP contribution in [0.3, 0.4) is 0 Å². The SMILES string of the molecule is CC/C=C\C/C=C\C/C=C\C/C=C\C/C=C\CCCC(=O)OC(COC(=O)CCCCCCC)COC(=O)CCCCCCCC/C=C\C/C=C\C/C=C\CCCCC. The number of esters is 3. The van der Waals surface area contributed by atoms with Gasteiger partial charge in [0.25, 0.3) is 0 Å². The van der Waals surface area contributed by atoms with Gasteiger partial charge in [-0.1, -0.05) is 182 Å². The predicted octanol–water partition coefficient (Wildman–Crippen LogP) is 15.4. The molecule has 0 N–H and O–H groups in total. The van der Waals surface area contributed by atoms with Gasteiger partial charge in [0.2, 0.25) is 0 Å². The highest BCUT2D eigenvalue weighted by Crippen LogP contribution is 2.12. The highest BCUT2D eigenvalue weighted by atomic mass is 16.6. The molecule has 0 heterocycles. The molecule has 1 unspecified atom stereocenters. The third-order valence-corrected chi connectivity index (χ3v) is 9.57. The third kappa shape index (κ3) is 45.3. The van der Waals surface area contributed by atoms with E-state index in [2.05, 4.69) is 118 Å².